The smallest absolute Gasteiger partial charge is 0.261 e. The summed E-state index contributed by atoms with van der Waals surface area (Å²) in [6.45, 7) is 0.402. The van der Waals surface area contributed by atoms with Gasteiger partial charge in [0.15, 0.2) is 0 Å². The second-order valence-corrected chi connectivity index (χ2v) is 10.5. The maximum absolute atomic E-state index is 12.7. The van der Waals surface area contributed by atoms with E-state index in [1.807, 2.05) is 30.3 Å². The lowest BCUT2D eigenvalue weighted by Crippen LogP contribution is -2.22. The van der Waals surface area contributed by atoms with E-state index in [0.717, 1.165) is 15.9 Å². The summed E-state index contributed by atoms with van der Waals surface area (Å²) in [6.07, 6.45) is 0. The molecular formula is C21H22N2O5S2. The molecule has 0 aromatic heterocycles. The Kier molecular flexibility index (Phi) is 6.45. The molecule has 0 spiro atoms. The second kappa shape index (κ2) is 8.86. The number of hydrogen-bond donors (Lipinski definition) is 1. The summed E-state index contributed by atoms with van der Waals surface area (Å²) in [5.41, 5.74) is 1.36. The van der Waals surface area contributed by atoms with Crippen molar-refractivity contribution in [1.82, 2.24) is 4.31 Å². The maximum Gasteiger partial charge on any atom is 0.261 e. The highest BCUT2D eigenvalue weighted by Gasteiger charge is 2.21. The van der Waals surface area contributed by atoms with Gasteiger partial charge in [0.05, 0.1) is 9.79 Å². The summed E-state index contributed by atoms with van der Waals surface area (Å²) >= 11 is 0. The van der Waals surface area contributed by atoms with Gasteiger partial charge in [-0.3, -0.25) is 4.72 Å². The van der Waals surface area contributed by atoms with Gasteiger partial charge in [0.2, 0.25) is 10.0 Å². The third kappa shape index (κ3) is 5.18. The number of hydrogen-bond acceptors (Lipinski definition) is 5. The average molecular weight is 447 g/mol. The average Bonchev–Trinajstić information content (AvgIpc) is 2.74. The maximum atomic E-state index is 12.7. The summed E-state index contributed by atoms with van der Waals surface area (Å²) in [5.74, 6) is 0.598. The van der Waals surface area contributed by atoms with Crippen LogP contribution in [0.25, 0.3) is 0 Å². The first-order valence-electron chi connectivity index (χ1n) is 9.01. The van der Waals surface area contributed by atoms with Crippen LogP contribution in [0, 0.1) is 0 Å². The van der Waals surface area contributed by atoms with Crippen molar-refractivity contribution in [2.45, 2.75) is 16.4 Å². The minimum absolute atomic E-state index is 0.0972. The number of rotatable bonds is 8. The van der Waals surface area contributed by atoms with E-state index in [-0.39, 0.29) is 9.79 Å². The third-order valence-corrected chi connectivity index (χ3v) is 7.44. The molecule has 0 fully saturated rings. The molecule has 9 heteroatoms. The van der Waals surface area contributed by atoms with Crippen molar-refractivity contribution in [2.24, 2.45) is 0 Å². The van der Waals surface area contributed by atoms with Gasteiger partial charge in [-0.25, -0.2) is 21.1 Å². The van der Waals surface area contributed by atoms with Crippen LogP contribution >= 0.6 is 0 Å². The second-order valence-electron chi connectivity index (χ2n) is 6.67. The van der Waals surface area contributed by atoms with Gasteiger partial charge in [-0.15, -0.1) is 0 Å². The van der Waals surface area contributed by atoms with Crippen LogP contribution in [0.15, 0.2) is 88.7 Å². The van der Waals surface area contributed by atoms with Crippen LogP contribution in [0.3, 0.4) is 0 Å². The first-order valence-corrected chi connectivity index (χ1v) is 11.9. The van der Waals surface area contributed by atoms with E-state index in [1.54, 1.807) is 24.3 Å². The van der Waals surface area contributed by atoms with Gasteiger partial charge < -0.3 is 4.74 Å². The fourth-order valence-corrected chi connectivity index (χ4v) is 4.71. The lowest BCUT2D eigenvalue weighted by atomic mass is 10.2. The Morgan fingerprint density at radius 3 is 2.07 bits per heavy atom. The quantitative estimate of drug-likeness (QED) is 0.573. The van der Waals surface area contributed by atoms with Crippen molar-refractivity contribution in [2.75, 3.05) is 18.8 Å². The van der Waals surface area contributed by atoms with Crippen molar-refractivity contribution >= 4 is 25.7 Å². The van der Waals surface area contributed by atoms with Gasteiger partial charge in [-0.2, -0.15) is 0 Å². The van der Waals surface area contributed by atoms with Crippen LogP contribution < -0.4 is 9.46 Å². The monoisotopic (exact) mass is 446 g/mol. The first-order chi connectivity index (χ1) is 14.2. The summed E-state index contributed by atoms with van der Waals surface area (Å²) in [5, 5.41) is 0. The molecule has 1 N–H and O–H groups in total. The van der Waals surface area contributed by atoms with E-state index in [4.69, 9.17) is 4.74 Å². The number of ether oxygens (including phenoxy) is 1. The van der Waals surface area contributed by atoms with Gasteiger partial charge in [0, 0.05) is 19.8 Å². The topological polar surface area (TPSA) is 92.8 Å². The number of anilines is 1. The zero-order valence-electron chi connectivity index (χ0n) is 16.5. The van der Waals surface area contributed by atoms with E-state index >= 15 is 0 Å². The highest BCUT2D eigenvalue weighted by Crippen LogP contribution is 2.22. The molecule has 3 aromatic rings. The highest BCUT2D eigenvalue weighted by molar-refractivity contribution is 7.93. The standard InChI is InChI=1S/C21H22N2O5S2/c1-23(2)30(26,27)21-10-6-9-20(15-21)29(24,25)22-18-11-13-19(14-12-18)28-16-17-7-4-3-5-8-17/h3-15,22H,16H2,1-2H3. The lowest BCUT2D eigenvalue weighted by molar-refractivity contribution is 0.306. The van der Waals surface area contributed by atoms with Crippen LogP contribution in [-0.4, -0.2) is 35.2 Å². The molecule has 0 saturated heterocycles. The minimum Gasteiger partial charge on any atom is -0.489 e. The zero-order chi connectivity index (χ0) is 21.8. The Labute approximate surface area is 177 Å². The van der Waals surface area contributed by atoms with Crippen molar-refractivity contribution in [3.05, 3.63) is 84.4 Å². The van der Waals surface area contributed by atoms with Gasteiger partial charge in [0.1, 0.15) is 12.4 Å². The van der Waals surface area contributed by atoms with Crippen molar-refractivity contribution in [1.29, 1.82) is 0 Å². The first kappa shape index (κ1) is 21.8. The summed E-state index contributed by atoms with van der Waals surface area (Å²) in [6, 6.07) is 21.4. The van der Waals surface area contributed by atoms with Crippen LogP contribution in [0.4, 0.5) is 5.69 Å². The molecule has 0 aliphatic rings. The predicted octanol–water partition coefficient (Wildman–Crippen LogP) is 3.32. The Morgan fingerprint density at radius 2 is 1.43 bits per heavy atom. The lowest BCUT2D eigenvalue weighted by Gasteiger charge is -2.13. The largest absolute Gasteiger partial charge is 0.489 e. The van der Waals surface area contributed by atoms with Gasteiger partial charge in [-0.1, -0.05) is 36.4 Å². The van der Waals surface area contributed by atoms with Crippen molar-refractivity contribution < 1.29 is 21.6 Å². The number of sulfonamides is 2. The van der Waals surface area contributed by atoms with E-state index in [0.29, 0.717) is 18.0 Å². The van der Waals surface area contributed by atoms with Gasteiger partial charge >= 0.3 is 0 Å². The molecule has 0 aliphatic carbocycles. The SMILES string of the molecule is CN(C)S(=O)(=O)c1cccc(S(=O)(=O)Nc2ccc(OCc3ccccc3)cc2)c1. The Bertz CT molecular complexity index is 1210. The summed E-state index contributed by atoms with van der Waals surface area (Å²) in [7, 11) is -4.94. The van der Waals surface area contributed by atoms with Crippen LogP contribution in [0.2, 0.25) is 0 Å². The molecule has 158 valence electrons. The molecule has 0 heterocycles. The Balaban J connectivity index is 1.73. The van der Waals surface area contributed by atoms with E-state index in [9.17, 15) is 16.8 Å². The van der Waals surface area contributed by atoms with Gasteiger partial charge in [0.25, 0.3) is 10.0 Å². The molecule has 3 aromatic carbocycles. The molecular weight excluding hydrogens is 424 g/mol. The molecule has 0 unspecified atom stereocenters. The fourth-order valence-electron chi connectivity index (χ4n) is 2.59. The van der Waals surface area contributed by atoms with E-state index in [2.05, 4.69) is 4.72 Å². The summed E-state index contributed by atoms with van der Waals surface area (Å²) < 4.78 is 59.1. The Morgan fingerprint density at radius 1 is 0.800 bits per heavy atom. The predicted molar refractivity (Wildman–Crippen MR) is 115 cm³/mol. The van der Waals surface area contributed by atoms with Crippen LogP contribution in [-0.2, 0) is 26.7 Å². The van der Waals surface area contributed by atoms with E-state index < -0.39 is 20.0 Å². The molecule has 7 nitrogen and oxygen atoms in total. The van der Waals surface area contributed by atoms with Crippen molar-refractivity contribution in [3.63, 3.8) is 0 Å². The summed E-state index contributed by atoms with van der Waals surface area (Å²) in [4.78, 5) is -0.241. The Hall–Kier alpha value is -2.88. The molecule has 0 amide bonds. The molecule has 0 aliphatic heterocycles. The molecule has 0 atom stereocenters. The molecule has 0 radical (unpaired) electrons. The third-order valence-electron chi connectivity index (χ3n) is 4.25. The molecule has 30 heavy (non-hydrogen) atoms. The molecule has 0 bridgehead atoms. The number of nitrogens with zero attached hydrogens (tertiary/aromatic N) is 1. The normalized spacial score (nSPS) is 12.0. The van der Waals surface area contributed by atoms with Crippen LogP contribution in [0.1, 0.15) is 5.56 Å². The van der Waals surface area contributed by atoms with Crippen molar-refractivity contribution in [3.8, 4) is 5.75 Å². The zero-order valence-corrected chi connectivity index (χ0v) is 18.2. The number of benzene rings is 3. The van der Waals surface area contributed by atoms with E-state index in [1.165, 1.54) is 32.3 Å². The fraction of sp³-hybridized carbons (Fsp3) is 0.143. The molecule has 3 rings (SSSR count). The number of nitrogens with one attached hydrogen (secondary N) is 1. The van der Waals surface area contributed by atoms with Crippen LogP contribution in [0.5, 0.6) is 5.75 Å². The minimum atomic E-state index is -3.96. The highest BCUT2D eigenvalue weighted by atomic mass is 32.2. The van der Waals surface area contributed by atoms with Gasteiger partial charge in [-0.05, 0) is 48.0 Å². The molecule has 0 saturated carbocycles.